The number of hydrogen-bond donors (Lipinski definition) is 0. The van der Waals surface area contributed by atoms with E-state index in [4.69, 9.17) is 0 Å². The van der Waals surface area contributed by atoms with Gasteiger partial charge in [-0.2, -0.15) is 13.2 Å². The van der Waals surface area contributed by atoms with Crippen molar-refractivity contribution in [1.29, 1.82) is 0 Å². The number of alkyl halides is 3. The second kappa shape index (κ2) is 6.97. The summed E-state index contributed by atoms with van der Waals surface area (Å²) in [5.41, 5.74) is 0.706. The van der Waals surface area contributed by atoms with E-state index in [1.165, 1.54) is 0 Å². The Morgan fingerprint density at radius 2 is 1.88 bits per heavy atom. The molecule has 1 aliphatic heterocycles. The molecule has 26 heavy (non-hydrogen) atoms. The third-order valence-corrected chi connectivity index (χ3v) is 4.57. The number of benzene rings is 2. The van der Waals surface area contributed by atoms with Gasteiger partial charge in [0.05, 0.1) is 11.6 Å². The minimum Gasteiger partial charge on any atom is -0.333 e. The zero-order valence-electron chi connectivity index (χ0n) is 14.3. The summed E-state index contributed by atoms with van der Waals surface area (Å²) in [5, 5.41) is 1.86. The Hall–Kier alpha value is -2.57. The Morgan fingerprint density at radius 1 is 1.19 bits per heavy atom. The molecule has 3 rings (SSSR count). The highest BCUT2D eigenvalue weighted by Crippen LogP contribution is 2.30. The van der Waals surface area contributed by atoms with E-state index in [0.29, 0.717) is 12.2 Å². The van der Waals surface area contributed by atoms with E-state index in [0.717, 1.165) is 15.7 Å². The lowest BCUT2D eigenvalue weighted by Gasteiger charge is -2.26. The Bertz CT molecular complexity index is 830. The van der Waals surface area contributed by atoms with Crippen LogP contribution in [0.1, 0.15) is 13.3 Å². The first-order valence-corrected chi connectivity index (χ1v) is 8.44. The first-order chi connectivity index (χ1) is 12.3. The average molecular weight is 364 g/mol. The second-order valence-electron chi connectivity index (χ2n) is 6.37. The summed E-state index contributed by atoms with van der Waals surface area (Å²) in [6.07, 6.45) is -4.65. The van der Waals surface area contributed by atoms with Crippen LogP contribution in [-0.2, 0) is 9.59 Å². The van der Waals surface area contributed by atoms with Gasteiger partial charge in [-0.3, -0.25) is 9.59 Å². The monoisotopic (exact) mass is 364 g/mol. The maximum Gasteiger partial charge on any atom is 0.406 e. The van der Waals surface area contributed by atoms with Crippen LogP contribution in [0.3, 0.4) is 0 Å². The number of hydrogen-bond acceptors (Lipinski definition) is 2. The smallest absolute Gasteiger partial charge is 0.333 e. The van der Waals surface area contributed by atoms with Gasteiger partial charge in [-0.25, -0.2) is 0 Å². The van der Waals surface area contributed by atoms with Gasteiger partial charge in [0.1, 0.15) is 6.54 Å². The molecular formula is C19H19F3N2O2. The molecule has 4 nitrogen and oxygen atoms in total. The molecule has 2 aromatic rings. The molecule has 1 unspecified atom stereocenters. The molecule has 2 amide bonds. The molecule has 0 spiro atoms. The lowest BCUT2D eigenvalue weighted by Crippen LogP contribution is -2.39. The molecule has 7 heteroatoms. The van der Waals surface area contributed by atoms with Gasteiger partial charge >= 0.3 is 6.18 Å². The van der Waals surface area contributed by atoms with E-state index in [1.54, 1.807) is 4.90 Å². The summed E-state index contributed by atoms with van der Waals surface area (Å²) in [7, 11) is 0. The van der Waals surface area contributed by atoms with Crippen molar-refractivity contribution in [3.05, 3.63) is 42.5 Å². The molecule has 0 aromatic heterocycles. The molecule has 0 N–H and O–H groups in total. The predicted octanol–water partition coefficient (Wildman–Crippen LogP) is 3.60. The fourth-order valence-corrected chi connectivity index (χ4v) is 3.42. The highest BCUT2D eigenvalue weighted by atomic mass is 19.4. The van der Waals surface area contributed by atoms with Crippen molar-refractivity contribution in [2.45, 2.75) is 19.5 Å². The molecule has 1 fully saturated rings. The van der Waals surface area contributed by atoms with Crippen molar-refractivity contribution in [2.24, 2.45) is 5.92 Å². The molecule has 0 bridgehead atoms. The molecule has 1 saturated heterocycles. The largest absolute Gasteiger partial charge is 0.406 e. The first-order valence-electron chi connectivity index (χ1n) is 8.44. The van der Waals surface area contributed by atoms with Crippen molar-refractivity contribution in [2.75, 3.05) is 24.5 Å². The predicted molar refractivity (Wildman–Crippen MR) is 92.7 cm³/mol. The van der Waals surface area contributed by atoms with E-state index in [9.17, 15) is 22.8 Å². The number of amides is 2. The summed E-state index contributed by atoms with van der Waals surface area (Å²) in [5.74, 6) is -1.71. The number of carbonyl (C=O) groups excluding carboxylic acids is 2. The van der Waals surface area contributed by atoms with Crippen LogP contribution in [0.4, 0.5) is 18.9 Å². The van der Waals surface area contributed by atoms with Crippen LogP contribution in [0.5, 0.6) is 0 Å². The lowest BCUT2D eigenvalue weighted by molar-refractivity contribution is -0.157. The van der Waals surface area contributed by atoms with E-state index in [1.807, 2.05) is 49.4 Å². The molecule has 0 aliphatic carbocycles. The van der Waals surface area contributed by atoms with Crippen LogP contribution < -0.4 is 4.90 Å². The molecular weight excluding hydrogens is 345 g/mol. The Morgan fingerprint density at radius 3 is 2.58 bits per heavy atom. The highest BCUT2D eigenvalue weighted by molar-refractivity contribution is 6.05. The number of likely N-dealkylation sites (tertiary alicyclic amines) is 1. The van der Waals surface area contributed by atoms with Crippen molar-refractivity contribution in [3.63, 3.8) is 0 Å². The summed E-state index contributed by atoms with van der Waals surface area (Å²) in [6.45, 7) is 0.676. The zero-order chi connectivity index (χ0) is 18.9. The van der Waals surface area contributed by atoms with Crippen LogP contribution in [0.15, 0.2) is 42.5 Å². The van der Waals surface area contributed by atoms with Crippen molar-refractivity contribution in [3.8, 4) is 0 Å². The van der Waals surface area contributed by atoms with Gasteiger partial charge in [0.25, 0.3) is 0 Å². The Kier molecular flexibility index (Phi) is 4.89. The highest BCUT2D eigenvalue weighted by Gasteiger charge is 2.41. The van der Waals surface area contributed by atoms with E-state index in [2.05, 4.69) is 0 Å². The molecule has 1 atom stereocenters. The maximum absolute atomic E-state index is 12.9. The quantitative estimate of drug-likeness (QED) is 0.832. The molecule has 0 radical (unpaired) electrons. The number of rotatable bonds is 4. The van der Waals surface area contributed by atoms with Gasteiger partial charge in [-0.1, -0.05) is 36.4 Å². The summed E-state index contributed by atoms with van der Waals surface area (Å²) in [4.78, 5) is 27.1. The SMILES string of the molecule is CCN(C(=O)C1CC(=O)N(CC(F)(F)F)C1)c1cccc2ccccc12. The molecule has 1 aliphatic rings. The van der Waals surface area contributed by atoms with Gasteiger partial charge in [0, 0.05) is 24.9 Å². The van der Waals surface area contributed by atoms with E-state index in [-0.39, 0.29) is 18.9 Å². The number of halogens is 3. The molecule has 2 aromatic carbocycles. The van der Waals surface area contributed by atoms with Gasteiger partial charge in [0.15, 0.2) is 0 Å². The van der Waals surface area contributed by atoms with Crippen molar-refractivity contribution >= 4 is 28.3 Å². The van der Waals surface area contributed by atoms with Gasteiger partial charge in [-0.05, 0) is 18.4 Å². The van der Waals surface area contributed by atoms with E-state index < -0.39 is 24.5 Å². The van der Waals surface area contributed by atoms with Crippen LogP contribution >= 0.6 is 0 Å². The lowest BCUT2D eigenvalue weighted by atomic mass is 10.0. The summed E-state index contributed by atoms with van der Waals surface area (Å²) in [6, 6.07) is 13.2. The fraction of sp³-hybridized carbons (Fsp3) is 0.368. The molecule has 138 valence electrons. The van der Waals surface area contributed by atoms with Crippen molar-refractivity contribution in [1.82, 2.24) is 4.90 Å². The van der Waals surface area contributed by atoms with E-state index >= 15 is 0 Å². The Balaban J connectivity index is 1.85. The summed E-state index contributed by atoms with van der Waals surface area (Å²) >= 11 is 0. The topological polar surface area (TPSA) is 40.6 Å². The van der Waals surface area contributed by atoms with Gasteiger partial charge in [0.2, 0.25) is 11.8 Å². The number of fused-ring (bicyclic) bond motifs is 1. The third-order valence-electron chi connectivity index (χ3n) is 4.57. The van der Waals surface area contributed by atoms with Gasteiger partial charge in [-0.15, -0.1) is 0 Å². The normalized spacial score (nSPS) is 17.8. The zero-order valence-corrected chi connectivity index (χ0v) is 14.3. The summed E-state index contributed by atoms with van der Waals surface area (Å²) < 4.78 is 37.8. The van der Waals surface area contributed by atoms with Crippen molar-refractivity contribution < 1.29 is 22.8 Å². The van der Waals surface area contributed by atoms with Crippen LogP contribution in [0.2, 0.25) is 0 Å². The average Bonchev–Trinajstić information content (AvgIpc) is 2.94. The minimum absolute atomic E-state index is 0.184. The molecule has 1 heterocycles. The molecule has 0 saturated carbocycles. The third kappa shape index (κ3) is 3.66. The van der Waals surface area contributed by atoms with Crippen LogP contribution in [0.25, 0.3) is 10.8 Å². The fourth-order valence-electron chi connectivity index (χ4n) is 3.42. The van der Waals surface area contributed by atoms with Crippen LogP contribution in [0, 0.1) is 5.92 Å². The number of carbonyl (C=O) groups is 2. The second-order valence-corrected chi connectivity index (χ2v) is 6.37. The number of anilines is 1. The Labute approximate surface area is 149 Å². The van der Waals surface area contributed by atoms with Gasteiger partial charge < -0.3 is 9.80 Å². The number of nitrogens with zero attached hydrogens (tertiary/aromatic N) is 2. The minimum atomic E-state index is -4.46. The first kappa shape index (κ1) is 18.2. The standard InChI is InChI=1S/C19H19F3N2O2/c1-2-24(16-9-5-7-13-6-3-4-8-15(13)16)18(26)14-10-17(25)23(11-14)12-19(20,21)22/h3-9,14H,2,10-12H2,1H3. The van der Waals surface area contributed by atoms with Crippen LogP contribution in [-0.4, -0.2) is 42.5 Å². The maximum atomic E-state index is 12.9.